The number of halogens is 1. The molecule has 3 rings (SSSR count). The lowest BCUT2D eigenvalue weighted by molar-refractivity contribution is -0.116. The first-order valence-electron chi connectivity index (χ1n) is 8.74. The first kappa shape index (κ1) is 21.1. The zero-order valence-electron chi connectivity index (χ0n) is 16.1. The molecule has 0 radical (unpaired) electrons. The van der Waals surface area contributed by atoms with E-state index in [1.54, 1.807) is 24.3 Å². The van der Waals surface area contributed by atoms with Crippen molar-refractivity contribution in [2.75, 3.05) is 36.2 Å². The quantitative estimate of drug-likeness (QED) is 0.742. The van der Waals surface area contributed by atoms with Crippen LogP contribution in [-0.4, -0.2) is 46.9 Å². The van der Waals surface area contributed by atoms with E-state index < -0.39 is 22.0 Å². The van der Waals surface area contributed by atoms with Gasteiger partial charge in [-0.15, -0.1) is 0 Å². The number of ether oxygens (including phenoxy) is 3. The van der Waals surface area contributed by atoms with Crippen LogP contribution in [0.2, 0.25) is 5.02 Å². The number of benzene rings is 2. The van der Waals surface area contributed by atoms with Crippen LogP contribution in [0.3, 0.4) is 0 Å². The predicted octanol–water partition coefficient (Wildman–Crippen LogP) is 2.91. The van der Waals surface area contributed by atoms with Crippen LogP contribution in [0, 0.1) is 0 Å². The molecule has 156 valence electrons. The highest BCUT2D eigenvalue weighted by Crippen LogP contribution is 2.34. The standard InChI is InChI=1S/C19H21ClN2O6S/c1-12(19(23)21-13-4-6-17-18(10-13)28-9-8-27-17)22(29(3,24)25)14-5-7-16(26-2)15(20)11-14/h4-7,10-12H,8-9H2,1-3H3,(H,21,23). The number of amides is 1. The molecule has 10 heteroatoms. The third-order valence-corrected chi connectivity index (χ3v) is 5.83. The first-order chi connectivity index (χ1) is 13.7. The van der Waals surface area contributed by atoms with Gasteiger partial charge in [-0.2, -0.15) is 0 Å². The van der Waals surface area contributed by atoms with Gasteiger partial charge in [0.15, 0.2) is 11.5 Å². The van der Waals surface area contributed by atoms with Crippen molar-refractivity contribution in [2.45, 2.75) is 13.0 Å². The Hall–Kier alpha value is -2.65. The van der Waals surface area contributed by atoms with E-state index in [0.717, 1.165) is 10.6 Å². The average Bonchev–Trinajstić information content (AvgIpc) is 2.67. The van der Waals surface area contributed by atoms with Gasteiger partial charge in [0.25, 0.3) is 0 Å². The van der Waals surface area contributed by atoms with Crippen molar-refractivity contribution in [1.82, 2.24) is 0 Å². The van der Waals surface area contributed by atoms with Crippen LogP contribution in [-0.2, 0) is 14.8 Å². The summed E-state index contributed by atoms with van der Waals surface area (Å²) in [6.45, 7) is 2.37. The Labute approximate surface area is 174 Å². The van der Waals surface area contributed by atoms with E-state index in [4.69, 9.17) is 25.8 Å². The summed E-state index contributed by atoms with van der Waals surface area (Å²) in [4.78, 5) is 12.8. The summed E-state index contributed by atoms with van der Waals surface area (Å²) in [6, 6.07) is 8.45. The largest absolute Gasteiger partial charge is 0.495 e. The molecule has 0 spiro atoms. The summed E-state index contributed by atoms with van der Waals surface area (Å²) in [5, 5.41) is 2.95. The minimum atomic E-state index is -3.78. The average molecular weight is 441 g/mol. The van der Waals surface area contributed by atoms with Gasteiger partial charge in [0.2, 0.25) is 15.9 Å². The summed E-state index contributed by atoms with van der Waals surface area (Å²) < 4.78 is 41.9. The van der Waals surface area contributed by atoms with Crippen molar-refractivity contribution >= 4 is 38.9 Å². The fraction of sp³-hybridized carbons (Fsp3) is 0.316. The Morgan fingerprint density at radius 3 is 2.48 bits per heavy atom. The Kier molecular flexibility index (Phi) is 6.09. The van der Waals surface area contributed by atoms with Crippen LogP contribution in [0.25, 0.3) is 0 Å². The number of rotatable bonds is 6. The van der Waals surface area contributed by atoms with E-state index in [-0.39, 0.29) is 10.7 Å². The van der Waals surface area contributed by atoms with Gasteiger partial charge in [-0.3, -0.25) is 9.10 Å². The Morgan fingerprint density at radius 1 is 1.17 bits per heavy atom. The monoisotopic (exact) mass is 440 g/mol. The van der Waals surface area contributed by atoms with Crippen LogP contribution in [0.15, 0.2) is 36.4 Å². The molecule has 0 saturated carbocycles. The molecule has 0 aromatic heterocycles. The van der Waals surface area contributed by atoms with Gasteiger partial charge in [-0.25, -0.2) is 8.42 Å². The van der Waals surface area contributed by atoms with Crippen LogP contribution < -0.4 is 23.8 Å². The summed E-state index contributed by atoms with van der Waals surface area (Å²) >= 11 is 6.13. The highest BCUT2D eigenvalue weighted by atomic mass is 35.5. The van der Waals surface area contributed by atoms with Crippen LogP contribution in [0.5, 0.6) is 17.2 Å². The van der Waals surface area contributed by atoms with E-state index in [9.17, 15) is 13.2 Å². The molecule has 1 heterocycles. The number of sulfonamides is 1. The molecule has 1 aliphatic rings. The number of hydrogen-bond acceptors (Lipinski definition) is 6. The Morgan fingerprint density at radius 2 is 1.86 bits per heavy atom. The highest BCUT2D eigenvalue weighted by Gasteiger charge is 2.30. The van der Waals surface area contributed by atoms with E-state index in [0.29, 0.717) is 36.1 Å². The normalized spacial score (nSPS) is 14.1. The number of methoxy groups -OCH3 is 1. The predicted molar refractivity (Wildman–Crippen MR) is 111 cm³/mol. The summed E-state index contributed by atoms with van der Waals surface area (Å²) in [5.41, 5.74) is 0.718. The molecule has 0 bridgehead atoms. The Bertz CT molecular complexity index is 1030. The molecule has 1 atom stereocenters. The lowest BCUT2D eigenvalue weighted by Gasteiger charge is -2.28. The van der Waals surface area contributed by atoms with E-state index in [1.807, 2.05) is 0 Å². The fourth-order valence-corrected chi connectivity index (χ4v) is 4.39. The SMILES string of the molecule is COc1ccc(N(C(C)C(=O)Nc2ccc3c(c2)OCCO3)S(C)(=O)=O)cc1Cl. The molecule has 0 aliphatic carbocycles. The molecular weight excluding hydrogens is 420 g/mol. The van der Waals surface area contributed by atoms with Gasteiger partial charge in [0.1, 0.15) is 25.0 Å². The minimum Gasteiger partial charge on any atom is -0.495 e. The van der Waals surface area contributed by atoms with E-state index in [1.165, 1.54) is 26.2 Å². The van der Waals surface area contributed by atoms with E-state index in [2.05, 4.69) is 5.32 Å². The molecule has 2 aromatic rings. The van der Waals surface area contributed by atoms with Crippen molar-refractivity contribution in [3.8, 4) is 17.2 Å². The molecule has 1 amide bonds. The lowest BCUT2D eigenvalue weighted by Crippen LogP contribution is -2.45. The van der Waals surface area contributed by atoms with Crippen molar-refractivity contribution in [3.05, 3.63) is 41.4 Å². The zero-order chi connectivity index (χ0) is 21.2. The maximum atomic E-state index is 12.8. The third kappa shape index (κ3) is 4.68. The van der Waals surface area contributed by atoms with Crippen LogP contribution in [0.4, 0.5) is 11.4 Å². The van der Waals surface area contributed by atoms with E-state index >= 15 is 0 Å². The smallest absolute Gasteiger partial charge is 0.247 e. The molecular formula is C19H21ClN2O6S. The molecule has 2 aromatic carbocycles. The van der Waals surface area contributed by atoms with Gasteiger partial charge >= 0.3 is 0 Å². The maximum absolute atomic E-state index is 12.8. The van der Waals surface area contributed by atoms with Gasteiger partial charge in [0, 0.05) is 11.8 Å². The number of anilines is 2. The van der Waals surface area contributed by atoms with Gasteiger partial charge in [-0.1, -0.05) is 11.6 Å². The summed E-state index contributed by atoms with van der Waals surface area (Å²) in [7, 11) is -2.32. The molecule has 1 N–H and O–H groups in total. The van der Waals surface area contributed by atoms with Crippen LogP contribution >= 0.6 is 11.6 Å². The molecule has 1 aliphatic heterocycles. The molecule has 0 fully saturated rings. The van der Waals surface area contributed by atoms with Crippen molar-refractivity contribution in [2.24, 2.45) is 0 Å². The van der Waals surface area contributed by atoms with Crippen molar-refractivity contribution in [3.63, 3.8) is 0 Å². The second-order valence-corrected chi connectivity index (χ2v) is 8.67. The summed E-state index contributed by atoms with van der Waals surface area (Å²) in [6.07, 6.45) is 1.03. The number of fused-ring (bicyclic) bond motifs is 1. The number of carbonyl (C=O) groups is 1. The number of carbonyl (C=O) groups excluding carboxylic acids is 1. The second kappa shape index (κ2) is 8.38. The van der Waals surface area contributed by atoms with Crippen molar-refractivity contribution in [1.29, 1.82) is 0 Å². The molecule has 1 unspecified atom stereocenters. The van der Waals surface area contributed by atoms with Gasteiger partial charge < -0.3 is 19.5 Å². The molecule has 0 saturated heterocycles. The van der Waals surface area contributed by atoms with Crippen molar-refractivity contribution < 1.29 is 27.4 Å². The first-order valence-corrected chi connectivity index (χ1v) is 11.0. The lowest BCUT2D eigenvalue weighted by atomic mass is 10.2. The number of nitrogens with zero attached hydrogens (tertiary/aromatic N) is 1. The molecule has 8 nitrogen and oxygen atoms in total. The molecule has 29 heavy (non-hydrogen) atoms. The Balaban J connectivity index is 1.85. The number of hydrogen-bond donors (Lipinski definition) is 1. The highest BCUT2D eigenvalue weighted by molar-refractivity contribution is 7.92. The minimum absolute atomic E-state index is 0.234. The topological polar surface area (TPSA) is 94.2 Å². The summed E-state index contributed by atoms with van der Waals surface area (Å²) in [5.74, 6) is 0.993. The van der Waals surface area contributed by atoms with Gasteiger partial charge in [0.05, 0.1) is 24.1 Å². The fourth-order valence-electron chi connectivity index (χ4n) is 2.97. The third-order valence-electron chi connectivity index (χ3n) is 4.29. The van der Waals surface area contributed by atoms with Gasteiger partial charge in [-0.05, 0) is 37.3 Å². The maximum Gasteiger partial charge on any atom is 0.247 e. The van der Waals surface area contributed by atoms with Crippen LogP contribution in [0.1, 0.15) is 6.92 Å². The second-order valence-electron chi connectivity index (χ2n) is 6.40. The number of nitrogens with one attached hydrogen (secondary N) is 1. The zero-order valence-corrected chi connectivity index (χ0v) is 17.7.